The van der Waals surface area contributed by atoms with Gasteiger partial charge < -0.3 is 10.5 Å². The van der Waals surface area contributed by atoms with Gasteiger partial charge in [-0.3, -0.25) is 0 Å². The lowest BCUT2D eigenvalue weighted by Gasteiger charge is -2.18. The molecule has 0 aliphatic heterocycles. The van der Waals surface area contributed by atoms with E-state index in [-0.39, 0.29) is 18.0 Å². The fraction of sp³-hybridized carbons (Fsp3) is 0.455. The maximum absolute atomic E-state index is 13.0. The fourth-order valence-electron chi connectivity index (χ4n) is 1.28. The van der Waals surface area contributed by atoms with Crippen molar-refractivity contribution in [1.29, 1.82) is 0 Å². The number of ether oxygens (including phenoxy) is 1. The van der Waals surface area contributed by atoms with Gasteiger partial charge in [-0.25, -0.2) is 4.39 Å². The Kier molecular flexibility index (Phi) is 4.70. The third-order valence-electron chi connectivity index (χ3n) is 2.43. The van der Waals surface area contributed by atoms with Crippen molar-refractivity contribution in [2.75, 3.05) is 7.11 Å². The average molecular weight is 276 g/mol. The minimum absolute atomic E-state index is 0.00571. The van der Waals surface area contributed by atoms with E-state index in [1.165, 1.54) is 6.07 Å². The Bertz CT molecular complexity index is 332. The first kappa shape index (κ1) is 12.6. The molecule has 84 valence electrons. The molecule has 1 aromatic rings. The second-order valence-electron chi connectivity index (χ2n) is 3.56. The van der Waals surface area contributed by atoms with E-state index in [1.807, 2.05) is 6.92 Å². The van der Waals surface area contributed by atoms with Crippen molar-refractivity contribution >= 4 is 15.9 Å². The van der Waals surface area contributed by atoms with Crippen LogP contribution in [0.2, 0.25) is 0 Å². The van der Waals surface area contributed by atoms with E-state index in [4.69, 9.17) is 10.5 Å². The largest absolute Gasteiger partial charge is 0.380 e. The van der Waals surface area contributed by atoms with E-state index >= 15 is 0 Å². The maximum Gasteiger partial charge on any atom is 0.137 e. The van der Waals surface area contributed by atoms with Crippen LogP contribution in [0.4, 0.5) is 4.39 Å². The van der Waals surface area contributed by atoms with Gasteiger partial charge in [-0.15, -0.1) is 0 Å². The predicted octanol–water partition coefficient (Wildman–Crippen LogP) is 2.49. The van der Waals surface area contributed by atoms with Gasteiger partial charge in [0.2, 0.25) is 0 Å². The van der Waals surface area contributed by atoms with Gasteiger partial charge in [-0.05, 0) is 47.0 Å². The summed E-state index contributed by atoms with van der Waals surface area (Å²) >= 11 is 3.14. The van der Waals surface area contributed by atoms with Crippen LogP contribution in [-0.2, 0) is 11.2 Å². The van der Waals surface area contributed by atoms with Gasteiger partial charge >= 0.3 is 0 Å². The SMILES string of the molecule is COC(C)C(N)Cc1ccc(F)c(Br)c1. The Morgan fingerprint density at radius 1 is 1.53 bits per heavy atom. The van der Waals surface area contributed by atoms with Crippen LogP contribution in [0.3, 0.4) is 0 Å². The van der Waals surface area contributed by atoms with Crippen molar-refractivity contribution < 1.29 is 9.13 Å². The van der Waals surface area contributed by atoms with Crippen LogP contribution in [0.25, 0.3) is 0 Å². The van der Waals surface area contributed by atoms with Crippen molar-refractivity contribution in [2.24, 2.45) is 5.73 Å². The van der Waals surface area contributed by atoms with Crippen molar-refractivity contribution in [3.8, 4) is 0 Å². The van der Waals surface area contributed by atoms with Crippen molar-refractivity contribution in [3.05, 3.63) is 34.1 Å². The molecular formula is C11H15BrFNO. The zero-order chi connectivity index (χ0) is 11.4. The molecular weight excluding hydrogens is 261 g/mol. The number of benzene rings is 1. The molecule has 0 radical (unpaired) electrons. The molecule has 0 saturated heterocycles. The van der Waals surface area contributed by atoms with Crippen LogP contribution < -0.4 is 5.73 Å². The smallest absolute Gasteiger partial charge is 0.137 e. The van der Waals surface area contributed by atoms with Crippen molar-refractivity contribution in [1.82, 2.24) is 0 Å². The van der Waals surface area contributed by atoms with Gasteiger partial charge in [-0.2, -0.15) is 0 Å². The molecule has 0 aromatic heterocycles. The van der Waals surface area contributed by atoms with Gasteiger partial charge in [0.1, 0.15) is 5.82 Å². The minimum Gasteiger partial charge on any atom is -0.380 e. The molecule has 2 atom stereocenters. The molecule has 0 spiro atoms. The summed E-state index contributed by atoms with van der Waals surface area (Å²) in [6, 6.07) is 4.84. The lowest BCUT2D eigenvalue weighted by atomic mass is 10.0. The Balaban J connectivity index is 2.68. The second kappa shape index (κ2) is 5.58. The van der Waals surface area contributed by atoms with E-state index in [1.54, 1.807) is 19.2 Å². The van der Waals surface area contributed by atoms with Crippen molar-refractivity contribution in [2.45, 2.75) is 25.5 Å². The zero-order valence-electron chi connectivity index (χ0n) is 8.84. The molecule has 2 nitrogen and oxygen atoms in total. The highest BCUT2D eigenvalue weighted by molar-refractivity contribution is 9.10. The quantitative estimate of drug-likeness (QED) is 0.917. The second-order valence-corrected chi connectivity index (χ2v) is 4.41. The van der Waals surface area contributed by atoms with Gasteiger partial charge in [0.05, 0.1) is 10.6 Å². The van der Waals surface area contributed by atoms with Gasteiger partial charge in [0, 0.05) is 13.2 Å². The molecule has 0 aliphatic carbocycles. The standard InChI is InChI=1S/C11H15BrFNO/c1-7(15-2)11(14)6-8-3-4-10(13)9(12)5-8/h3-5,7,11H,6,14H2,1-2H3. The Hall–Kier alpha value is -0.450. The van der Waals surface area contributed by atoms with Crippen LogP contribution in [0, 0.1) is 5.82 Å². The molecule has 1 aromatic carbocycles. The number of halogens is 2. The molecule has 0 amide bonds. The molecule has 0 bridgehead atoms. The molecule has 0 heterocycles. The lowest BCUT2D eigenvalue weighted by Crippen LogP contribution is -2.35. The number of nitrogens with two attached hydrogens (primary N) is 1. The Morgan fingerprint density at radius 3 is 2.73 bits per heavy atom. The average Bonchev–Trinajstić information content (AvgIpc) is 2.22. The topological polar surface area (TPSA) is 35.2 Å². The molecule has 0 saturated carbocycles. The van der Waals surface area contributed by atoms with E-state index in [0.29, 0.717) is 10.9 Å². The number of methoxy groups -OCH3 is 1. The van der Waals surface area contributed by atoms with Crippen LogP contribution in [0.15, 0.2) is 22.7 Å². The summed E-state index contributed by atoms with van der Waals surface area (Å²) in [5, 5.41) is 0. The summed E-state index contributed by atoms with van der Waals surface area (Å²) in [4.78, 5) is 0. The Morgan fingerprint density at radius 2 is 2.20 bits per heavy atom. The minimum atomic E-state index is -0.257. The fourth-order valence-corrected chi connectivity index (χ4v) is 1.71. The van der Waals surface area contributed by atoms with E-state index < -0.39 is 0 Å². The molecule has 2 N–H and O–H groups in total. The van der Waals surface area contributed by atoms with Crippen LogP contribution in [0.5, 0.6) is 0 Å². The van der Waals surface area contributed by atoms with Crippen LogP contribution in [-0.4, -0.2) is 19.3 Å². The van der Waals surface area contributed by atoms with E-state index in [9.17, 15) is 4.39 Å². The van der Waals surface area contributed by atoms with Gasteiger partial charge in [0.15, 0.2) is 0 Å². The summed E-state index contributed by atoms with van der Waals surface area (Å²) < 4.78 is 18.6. The monoisotopic (exact) mass is 275 g/mol. The zero-order valence-corrected chi connectivity index (χ0v) is 10.4. The van der Waals surface area contributed by atoms with Crippen LogP contribution >= 0.6 is 15.9 Å². The molecule has 1 rings (SSSR count). The third-order valence-corrected chi connectivity index (χ3v) is 3.04. The summed E-state index contributed by atoms with van der Waals surface area (Å²) in [6.45, 7) is 1.92. The van der Waals surface area contributed by atoms with Gasteiger partial charge in [0.25, 0.3) is 0 Å². The van der Waals surface area contributed by atoms with Crippen molar-refractivity contribution in [3.63, 3.8) is 0 Å². The summed E-state index contributed by atoms with van der Waals surface area (Å²) in [5.41, 5.74) is 6.91. The molecule has 0 aliphatic rings. The Labute approximate surface area is 97.7 Å². The highest BCUT2D eigenvalue weighted by atomic mass is 79.9. The van der Waals surface area contributed by atoms with E-state index in [2.05, 4.69) is 15.9 Å². The first-order valence-electron chi connectivity index (χ1n) is 4.77. The number of hydrogen-bond acceptors (Lipinski definition) is 2. The number of hydrogen-bond donors (Lipinski definition) is 1. The highest BCUT2D eigenvalue weighted by Crippen LogP contribution is 2.18. The molecule has 4 heteroatoms. The lowest BCUT2D eigenvalue weighted by molar-refractivity contribution is 0.0956. The van der Waals surface area contributed by atoms with Crippen LogP contribution in [0.1, 0.15) is 12.5 Å². The first-order chi connectivity index (χ1) is 7.04. The normalized spacial score (nSPS) is 15.0. The summed E-state index contributed by atoms with van der Waals surface area (Å²) in [5.74, 6) is -0.257. The van der Waals surface area contributed by atoms with Gasteiger partial charge in [-0.1, -0.05) is 6.07 Å². The highest BCUT2D eigenvalue weighted by Gasteiger charge is 2.12. The number of rotatable bonds is 4. The van der Waals surface area contributed by atoms with E-state index in [0.717, 1.165) is 5.56 Å². The summed E-state index contributed by atoms with van der Waals surface area (Å²) in [7, 11) is 1.63. The third kappa shape index (κ3) is 3.55. The molecule has 2 unspecified atom stereocenters. The maximum atomic E-state index is 13.0. The summed E-state index contributed by atoms with van der Waals surface area (Å²) in [6.07, 6.45) is 0.669. The predicted molar refractivity (Wildman–Crippen MR) is 62.3 cm³/mol. The molecule has 15 heavy (non-hydrogen) atoms. The first-order valence-corrected chi connectivity index (χ1v) is 5.56. The molecule has 0 fully saturated rings.